The van der Waals surface area contributed by atoms with Gasteiger partial charge in [-0.1, -0.05) is 19.3 Å². The summed E-state index contributed by atoms with van der Waals surface area (Å²) in [7, 11) is 0. The van der Waals surface area contributed by atoms with Crippen molar-refractivity contribution in [2.45, 2.75) is 70.0 Å². The Morgan fingerprint density at radius 3 is 3.00 bits per heavy atom. The van der Waals surface area contributed by atoms with Crippen LogP contribution in [0.15, 0.2) is 18.3 Å². The second kappa shape index (κ2) is 6.22. The molecule has 2 fully saturated rings. The first-order valence-electron chi connectivity index (χ1n) is 8.43. The molecule has 4 nitrogen and oxygen atoms in total. The summed E-state index contributed by atoms with van der Waals surface area (Å²) in [6.45, 7) is 3.93. The zero-order valence-electron chi connectivity index (χ0n) is 13.0. The minimum atomic E-state index is 0.0831. The maximum atomic E-state index is 12.5. The minimum Gasteiger partial charge on any atom is -0.348 e. The number of aromatic nitrogens is 1. The largest absolute Gasteiger partial charge is 0.348 e. The van der Waals surface area contributed by atoms with E-state index >= 15 is 0 Å². The lowest BCUT2D eigenvalue weighted by atomic mass is 9.75. The van der Waals surface area contributed by atoms with Gasteiger partial charge in [0, 0.05) is 24.3 Å². The molecule has 1 amide bonds. The Balaban J connectivity index is 1.63. The van der Waals surface area contributed by atoms with E-state index in [1.807, 2.05) is 22.9 Å². The van der Waals surface area contributed by atoms with Crippen molar-refractivity contribution in [3.05, 3.63) is 24.0 Å². The van der Waals surface area contributed by atoms with Gasteiger partial charge in [-0.2, -0.15) is 0 Å². The van der Waals surface area contributed by atoms with Crippen LogP contribution in [0.4, 0.5) is 0 Å². The Hall–Kier alpha value is -1.29. The fraction of sp³-hybridized carbons (Fsp3) is 0.706. The van der Waals surface area contributed by atoms with Crippen molar-refractivity contribution in [1.82, 2.24) is 15.2 Å². The van der Waals surface area contributed by atoms with E-state index in [1.54, 1.807) is 0 Å². The van der Waals surface area contributed by atoms with Gasteiger partial charge in [0.05, 0.1) is 0 Å². The third-order valence-electron chi connectivity index (χ3n) is 5.18. The Morgan fingerprint density at radius 2 is 2.24 bits per heavy atom. The van der Waals surface area contributed by atoms with Crippen LogP contribution in [0.1, 0.15) is 62.4 Å². The van der Waals surface area contributed by atoms with Crippen LogP contribution in [0.25, 0.3) is 0 Å². The molecule has 0 aromatic carbocycles. The van der Waals surface area contributed by atoms with Gasteiger partial charge in [-0.25, -0.2) is 0 Å². The highest BCUT2D eigenvalue weighted by atomic mass is 16.2. The standard InChI is InChI=1S/C17H27N3O/c1-2-20-12-6-7-15(20)16(21)19-14-8-11-18-17(13-14)9-4-3-5-10-17/h6-7,12,14,18H,2-5,8-11,13H2,1H3,(H,19,21). The second-order valence-electron chi connectivity index (χ2n) is 6.61. The molecule has 0 radical (unpaired) electrons. The number of rotatable bonds is 3. The maximum Gasteiger partial charge on any atom is 0.268 e. The van der Waals surface area contributed by atoms with E-state index in [2.05, 4.69) is 17.6 Å². The predicted molar refractivity (Wildman–Crippen MR) is 84.4 cm³/mol. The van der Waals surface area contributed by atoms with E-state index < -0.39 is 0 Å². The lowest BCUT2D eigenvalue weighted by Gasteiger charge is -2.44. The molecule has 1 aromatic rings. The number of hydrogen-bond acceptors (Lipinski definition) is 2. The Labute approximate surface area is 127 Å². The topological polar surface area (TPSA) is 46.1 Å². The predicted octanol–water partition coefficient (Wildman–Crippen LogP) is 2.69. The minimum absolute atomic E-state index is 0.0831. The highest BCUT2D eigenvalue weighted by molar-refractivity contribution is 5.92. The molecule has 21 heavy (non-hydrogen) atoms. The van der Waals surface area contributed by atoms with Gasteiger partial charge in [0.15, 0.2) is 0 Å². The normalized spacial score (nSPS) is 24.9. The molecule has 3 rings (SSSR count). The molecular weight excluding hydrogens is 262 g/mol. The number of hydrogen-bond donors (Lipinski definition) is 2. The monoisotopic (exact) mass is 289 g/mol. The summed E-state index contributed by atoms with van der Waals surface area (Å²) < 4.78 is 2.01. The fourth-order valence-electron chi connectivity index (χ4n) is 4.05. The van der Waals surface area contributed by atoms with Crippen LogP contribution in [0.3, 0.4) is 0 Å². The van der Waals surface area contributed by atoms with Crippen molar-refractivity contribution in [2.75, 3.05) is 6.54 Å². The number of amides is 1. The number of nitrogens with zero attached hydrogens (tertiary/aromatic N) is 1. The van der Waals surface area contributed by atoms with Crippen LogP contribution >= 0.6 is 0 Å². The number of nitrogens with one attached hydrogen (secondary N) is 2. The van der Waals surface area contributed by atoms with Gasteiger partial charge in [0.1, 0.15) is 5.69 Å². The smallest absolute Gasteiger partial charge is 0.268 e. The van der Waals surface area contributed by atoms with Crippen molar-refractivity contribution >= 4 is 5.91 Å². The third-order valence-corrected chi connectivity index (χ3v) is 5.18. The average Bonchev–Trinajstić information content (AvgIpc) is 2.96. The maximum absolute atomic E-state index is 12.5. The van der Waals surface area contributed by atoms with Gasteiger partial charge < -0.3 is 15.2 Å². The molecule has 2 N–H and O–H groups in total. The average molecular weight is 289 g/mol. The van der Waals surface area contributed by atoms with E-state index in [-0.39, 0.29) is 5.91 Å². The van der Waals surface area contributed by atoms with Crippen molar-refractivity contribution in [3.8, 4) is 0 Å². The molecular formula is C17H27N3O. The molecule has 1 aliphatic heterocycles. The van der Waals surface area contributed by atoms with Crippen molar-refractivity contribution in [1.29, 1.82) is 0 Å². The molecule has 1 aliphatic carbocycles. The summed E-state index contributed by atoms with van der Waals surface area (Å²) >= 11 is 0. The van der Waals surface area contributed by atoms with Gasteiger partial charge >= 0.3 is 0 Å². The van der Waals surface area contributed by atoms with Crippen LogP contribution in [-0.2, 0) is 6.54 Å². The summed E-state index contributed by atoms with van der Waals surface area (Å²) in [5.41, 5.74) is 1.08. The molecule has 4 heteroatoms. The van der Waals surface area contributed by atoms with Crippen LogP contribution in [0, 0.1) is 0 Å². The zero-order valence-corrected chi connectivity index (χ0v) is 13.0. The molecule has 2 heterocycles. The summed E-state index contributed by atoms with van der Waals surface area (Å²) in [5, 5.41) is 7.01. The van der Waals surface area contributed by atoms with Gasteiger partial charge in [0.25, 0.3) is 5.91 Å². The first-order valence-corrected chi connectivity index (χ1v) is 8.43. The molecule has 116 valence electrons. The summed E-state index contributed by atoms with van der Waals surface area (Å²) in [5.74, 6) is 0.0831. The van der Waals surface area contributed by atoms with E-state index in [0.29, 0.717) is 11.6 Å². The molecule has 1 atom stereocenters. The first kappa shape index (κ1) is 14.6. The number of carbonyl (C=O) groups is 1. The molecule has 1 aromatic heterocycles. The fourth-order valence-corrected chi connectivity index (χ4v) is 4.05. The van der Waals surface area contributed by atoms with Crippen molar-refractivity contribution < 1.29 is 4.79 Å². The quantitative estimate of drug-likeness (QED) is 0.898. The Morgan fingerprint density at radius 1 is 1.43 bits per heavy atom. The van der Waals surface area contributed by atoms with Crippen LogP contribution in [0.5, 0.6) is 0 Å². The second-order valence-corrected chi connectivity index (χ2v) is 6.61. The van der Waals surface area contributed by atoms with Crippen molar-refractivity contribution in [2.24, 2.45) is 0 Å². The van der Waals surface area contributed by atoms with Crippen LogP contribution in [0.2, 0.25) is 0 Å². The zero-order chi connectivity index (χ0) is 14.7. The lowest BCUT2D eigenvalue weighted by molar-refractivity contribution is 0.0883. The lowest BCUT2D eigenvalue weighted by Crippen LogP contribution is -2.57. The van der Waals surface area contributed by atoms with Gasteiger partial charge in [0.2, 0.25) is 0 Å². The highest BCUT2D eigenvalue weighted by Crippen LogP contribution is 2.34. The van der Waals surface area contributed by atoms with Crippen LogP contribution < -0.4 is 10.6 Å². The molecule has 1 unspecified atom stereocenters. The molecule has 0 bridgehead atoms. The molecule has 1 spiro atoms. The summed E-state index contributed by atoms with van der Waals surface area (Å²) in [4.78, 5) is 12.5. The van der Waals surface area contributed by atoms with E-state index in [0.717, 1.165) is 31.6 Å². The Kier molecular flexibility index (Phi) is 4.34. The van der Waals surface area contributed by atoms with E-state index in [9.17, 15) is 4.79 Å². The third kappa shape index (κ3) is 3.15. The Bertz CT molecular complexity index is 482. The highest BCUT2D eigenvalue weighted by Gasteiger charge is 2.37. The van der Waals surface area contributed by atoms with Gasteiger partial charge in [-0.3, -0.25) is 4.79 Å². The van der Waals surface area contributed by atoms with E-state index in [4.69, 9.17) is 0 Å². The summed E-state index contributed by atoms with van der Waals surface area (Å²) in [6, 6.07) is 4.18. The van der Waals surface area contributed by atoms with E-state index in [1.165, 1.54) is 32.1 Å². The number of carbonyl (C=O) groups excluding carboxylic acids is 1. The first-order chi connectivity index (χ1) is 10.2. The number of piperidine rings is 1. The molecule has 2 aliphatic rings. The van der Waals surface area contributed by atoms with Crippen LogP contribution in [-0.4, -0.2) is 28.6 Å². The number of aryl methyl sites for hydroxylation is 1. The summed E-state index contributed by atoms with van der Waals surface area (Å²) in [6.07, 6.45) is 10.7. The van der Waals surface area contributed by atoms with Gasteiger partial charge in [-0.05, 0) is 51.3 Å². The SMILES string of the molecule is CCn1cccc1C(=O)NC1CCNC2(CCCCC2)C1. The molecule has 1 saturated heterocycles. The van der Waals surface area contributed by atoms with Gasteiger partial charge in [-0.15, -0.1) is 0 Å². The molecule has 1 saturated carbocycles. The van der Waals surface area contributed by atoms with Crippen molar-refractivity contribution in [3.63, 3.8) is 0 Å².